The summed E-state index contributed by atoms with van der Waals surface area (Å²) in [5.74, 6) is -4.39. The van der Waals surface area contributed by atoms with Gasteiger partial charge in [0.15, 0.2) is 11.6 Å². The molecule has 0 fully saturated rings. The molecule has 0 aliphatic carbocycles. The van der Waals surface area contributed by atoms with Crippen molar-refractivity contribution in [3.8, 4) is 0 Å². The first-order chi connectivity index (χ1) is 9.38. The van der Waals surface area contributed by atoms with Crippen molar-refractivity contribution < 1.29 is 22.7 Å². The molecule has 0 bridgehead atoms. The molecule has 0 amide bonds. The molecule has 0 aromatic heterocycles. The van der Waals surface area contributed by atoms with Crippen LogP contribution in [0.1, 0.15) is 17.2 Å². The summed E-state index contributed by atoms with van der Waals surface area (Å²) in [7, 11) is 0. The second-order valence-corrected chi connectivity index (χ2v) is 4.68. The lowest BCUT2D eigenvalue weighted by Crippen LogP contribution is -2.07. The molecule has 1 atom stereocenters. The number of aliphatic hydroxyl groups is 1. The van der Waals surface area contributed by atoms with E-state index < -0.39 is 34.9 Å². The predicted octanol–water partition coefficient (Wildman–Crippen LogP) is 4.17. The van der Waals surface area contributed by atoms with Crippen molar-refractivity contribution in [2.45, 2.75) is 12.5 Å². The van der Waals surface area contributed by atoms with Crippen molar-refractivity contribution >= 4 is 11.6 Å². The Balaban J connectivity index is 2.28. The highest BCUT2D eigenvalue weighted by Gasteiger charge is 2.18. The van der Waals surface area contributed by atoms with Crippen LogP contribution in [0, 0.1) is 23.3 Å². The Morgan fingerprint density at radius 2 is 1.55 bits per heavy atom. The van der Waals surface area contributed by atoms with Gasteiger partial charge in [0.1, 0.15) is 11.6 Å². The van der Waals surface area contributed by atoms with E-state index in [-0.39, 0.29) is 17.0 Å². The lowest BCUT2D eigenvalue weighted by Gasteiger charge is -2.13. The number of halogens is 5. The number of aliphatic hydroxyl groups excluding tert-OH is 1. The van der Waals surface area contributed by atoms with E-state index in [1.165, 1.54) is 12.1 Å². The zero-order valence-corrected chi connectivity index (χ0v) is 10.8. The molecule has 0 spiro atoms. The van der Waals surface area contributed by atoms with Crippen LogP contribution in [0.15, 0.2) is 30.3 Å². The van der Waals surface area contributed by atoms with Gasteiger partial charge in [0.2, 0.25) is 0 Å². The topological polar surface area (TPSA) is 20.2 Å². The SMILES string of the molecule is OC(Cc1ccc(Cl)cc1F)c1cc(F)c(F)cc1F. The normalized spacial score (nSPS) is 12.5. The van der Waals surface area contributed by atoms with Gasteiger partial charge in [-0.05, 0) is 23.8 Å². The first-order valence-electron chi connectivity index (χ1n) is 5.65. The number of rotatable bonds is 3. The minimum atomic E-state index is -1.50. The summed E-state index contributed by atoms with van der Waals surface area (Å²) in [6.07, 6.45) is -1.79. The second kappa shape index (κ2) is 5.81. The summed E-state index contributed by atoms with van der Waals surface area (Å²) >= 11 is 5.58. The fraction of sp³-hybridized carbons (Fsp3) is 0.143. The van der Waals surface area contributed by atoms with Gasteiger partial charge < -0.3 is 5.11 Å². The molecule has 1 N–H and O–H groups in total. The Labute approximate surface area is 117 Å². The average Bonchev–Trinajstić information content (AvgIpc) is 2.37. The Morgan fingerprint density at radius 1 is 0.900 bits per heavy atom. The van der Waals surface area contributed by atoms with Gasteiger partial charge in [0, 0.05) is 23.1 Å². The molecule has 2 aromatic carbocycles. The zero-order chi connectivity index (χ0) is 14.9. The molecule has 2 aromatic rings. The molecule has 6 heteroatoms. The van der Waals surface area contributed by atoms with Gasteiger partial charge in [-0.3, -0.25) is 0 Å². The van der Waals surface area contributed by atoms with Crippen LogP contribution >= 0.6 is 11.6 Å². The van der Waals surface area contributed by atoms with E-state index in [0.29, 0.717) is 12.1 Å². The van der Waals surface area contributed by atoms with Crippen LogP contribution in [0.2, 0.25) is 5.02 Å². The van der Waals surface area contributed by atoms with E-state index in [0.717, 1.165) is 6.07 Å². The molecule has 1 unspecified atom stereocenters. The number of benzene rings is 2. The van der Waals surface area contributed by atoms with Gasteiger partial charge in [0.25, 0.3) is 0 Å². The third kappa shape index (κ3) is 3.11. The second-order valence-electron chi connectivity index (χ2n) is 4.24. The van der Waals surface area contributed by atoms with E-state index in [9.17, 15) is 22.7 Å². The Bertz CT molecular complexity index is 645. The monoisotopic (exact) mass is 304 g/mol. The zero-order valence-electron chi connectivity index (χ0n) is 10.0. The van der Waals surface area contributed by atoms with Crippen LogP contribution in [0.4, 0.5) is 17.6 Å². The Hall–Kier alpha value is -1.59. The molecule has 0 aliphatic heterocycles. The standard InChI is InChI=1S/C14H9ClF4O/c15-8-2-1-7(10(16)4-8)3-14(20)9-5-12(18)13(19)6-11(9)17/h1-2,4-6,14,20H,3H2. The predicted molar refractivity (Wildman–Crippen MR) is 66.4 cm³/mol. The van der Waals surface area contributed by atoms with Crippen LogP contribution in [0.25, 0.3) is 0 Å². The Kier molecular flexibility index (Phi) is 4.30. The molecule has 1 nitrogen and oxygen atoms in total. The van der Waals surface area contributed by atoms with Gasteiger partial charge in [-0.25, -0.2) is 17.6 Å². The highest BCUT2D eigenvalue weighted by Crippen LogP contribution is 2.25. The highest BCUT2D eigenvalue weighted by molar-refractivity contribution is 6.30. The van der Waals surface area contributed by atoms with Crippen molar-refractivity contribution in [1.29, 1.82) is 0 Å². The summed E-state index contributed by atoms with van der Waals surface area (Å²) in [6.45, 7) is 0. The molecule has 0 saturated heterocycles. The maximum absolute atomic E-state index is 13.5. The number of hydrogen-bond donors (Lipinski definition) is 1. The van der Waals surface area contributed by atoms with Gasteiger partial charge in [-0.15, -0.1) is 0 Å². The summed E-state index contributed by atoms with van der Waals surface area (Å²) < 4.78 is 52.8. The van der Waals surface area contributed by atoms with Crippen LogP contribution in [0.5, 0.6) is 0 Å². The van der Waals surface area contributed by atoms with E-state index in [1.807, 2.05) is 0 Å². The molecule has 0 radical (unpaired) electrons. The minimum Gasteiger partial charge on any atom is -0.388 e. The molecule has 0 heterocycles. The van der Waals surface area contributed by atoms with Gasteiger partial charge in [-0.1, -0.05) is 17.7 Å². The third-order valence-electron chi connectivity index (χ3n) is 2.83. The van der Waals surface area contributed by atoms with Crippen LogP contribution in [0.3, 0.4) is 0 Å². The van der Waals surface area contributed by atoms with E-state index in [4.69, 9.17) is 11.6 Å². The smallest absolute Gasteiger partial charge is 0.161 e. The van der Waals surface area contributed by atoms with Gasteiger partial charge in [0.05, 0.1) is 6.10 Å². The van der Waals surface area contributed by atoms with Crippen LogP contribution in [-0.2, 0) is 6.42 Å². The quantitative estimate of drug-likeness (QED) is 0.666. The van der Waals surface area contributed by atoms with Crippen molar-refractivity contribution in [3.05, 3.63) is 69.8 Å². The van der Waals surface area contributed by atoms with Crippen molar-refractivity contribution in [2.24, 2.45) is 0 Å². The van der Waals surface area contributed by atoms with Crippen molar-refractivity contribution in [3.63, 3.8) is 0 Å². The summed E-state index contributed by atoms with van der Waals surface area (Å²) in [5.41, 5.74) is -0.343. The van der Waals surface area contributed by atoms with E-state index in [1.54, 1.807) is 0 Å². The molecule has 106 valence electrons. The van der Waals surface area contributed by atoms with Gasteiger partial charge in [-0.2, -0.15) is 0 Å². The molecule has 0 aliphatic rings. The maximum atomic E-state index is 13.5. The summed E-state index contributed by atoms with van der Waals surface area (Å²) in [5, 5.41) is 10.0. The summed E-state index contributed by atoms with van der Waals surface area (Å²) in [6, 6.07) is 4.69. The molecule has 2 rings (SSSR count). The largest absolute Gasteiger partial charge is 0.388 e. The van der Waals surface area contributed by atoms with E-state index >= 15 is 0 Å². The molecular formula is C14H9ClF4O. The first kappa shape index (κ1) is 14.8. The average molecular weight is 305 g/mol. The van der Waals surface area contributed by atoms with E-state index in [2.05, 4.69) is 0 Å². The first-order valence-corrected chi connectivity index (χ1v) is 6.02. The third-order valence-corrected chi connectivity index (χ3v) is 3.06. The highest BCUT2D eigenvalue weighted by atomic mass is 35.5. The van der Waals surface area contributed by atoms with Crippen molar-refractivity contribution in [1.82, 2.24) is 0 Å². The van der Waals surface area contributed by atoms with Gasteiger partial charge >= 0.3 is 0 Å². The molecule has 20 heavy (non-hydrogen) atoms. The minimum absolute atomic E-state index is 0.0889. The number of hydrogen-bond acceptors (Lipinski definition) is 1. The van der Waals surface area contributed by atoms with Crippen LogP contribution < -0.4 is 0 Å². The molecular weight excluding hydrogens is 296 g/mol. The fourth-order valence-electron chi connectivity index (χ4n) is 1.80. The lowest BCUT2D eigenvalue weighted by molar-refractivity contribution is 0.171. The van der Waals surface area contributed by atoms with Crippen molar-refractivity contribution in [2.75, 3.05) is 0 Å². The molecule has 0 saturated carbocycles. The fourth-order valence-corrected chi connectivity index (χ4v) is 1.96. The Morgan fingerprint density at radius 3 is 2.20 bits per heavy atom. The summed E-state index contributed by atoms with van der Waals surface area (Å²) in [4.78, 5) is 0. The maximum Gasteiger partial charge on any atom is 0.161 e. The van der Waals surface area contributed by atoms with Crippen LogP contribution in [-0.4, -0.2) is 5.11 Å². The lowest BCUT2D eigenvalue weighted by atomic mass is 10.0.